The van der Waals surface area contributed by atoms with E-state index in [0.29, 0.717) is 24.9 Å². The lowest BCUT2D eigenvalue weighted by Gasteiger charge is -2.12. The maximum Gasteiger partial charge on any atom is 0.251 e. The first-order chi connectivity index (χ1) is 9.43. The molecule has 5 nitrogen and oxygen atoms in total. The van der Waals surface area contributed by atoms with Crippen molar-refractivity contribution in [1.82, 2.24) is 5.32 Å². The van der Waals surface area contributed by atoms with Crippen LogP contribution in [-0.2, 0) is 4.79 Å². The summed E-state index contributed by atoms with van der Waals surface area (Å²) >= 11 is 0. The third-order valence-corrected chi connectivity index (χ3v) is 2.79. The van der Waals surface area contributed by atoms with Gasteiger partial charge >= 0.3 is 0 Å². The number of aryl methyl sites for hydroxylation is 1. The Kier molecular flexibility index (Phi) is 8.66. The first kappa shape index (κ1) is 19.4. The van der Waals surface area contributed by atoms with Crippen molar-refractivity contribution in [3.8, 4) is 0 Å². The molecule has 0 unspecified atom stereocenters. The summed E-state index contributed by atoms with van der Waals surface area (Å²) in [6.45, 7) is 6.19. The van der Waals surface area contributed by atoms with Gasteiger partial charge in [-0.05, 0) is 57.5 Å². The van der Waals surface area contributed by atoms with E-state index < -0.39 is 0 Å². The van der Waals surface area contributed by atoms with E-state index in [0.717, 1.165) is 11.3 Å². The second-order valence-corrected chi connectivity index (χ2v) is 5.10. The van der Waals surface area contributed by atoms with Gasteiger partial charge in [-0.15, -0.1) is 12.4 Å². The van der Waals surface area contributed by atoms with Gasteiger partial charge in [0.1, 0.15) is 0 Å². The quantitative estimate of drug-likeness (QED) is 0.753. The van der Waals surface area contributed by atoms with Crippen LogP contribution < -0.4 is 16.4 Å². The molecule has 1 aromatic carbocycles. The third-order valence-electron chi connectivity index (χ3n) is 2.79. The zero-order chi connectivity index (χ0) is 15.1. The molecule has 1 rings (SSSR count). The van der Waals surface area contributed by atoms with Crippen molar-refractivity contribution in [3.63, 3.8) is 0 Å². The highest BCUT2D eigenvalue weighted by Crippen LogP contribution is 2.17. The number of rotatable bonds is 6. The van der Waals surface area contributed by atoms with Crippen molar-refractivity contribution in [2.24, 2.45) is 5.73 Å². The molecule has 4 N–H and O–H groups in total. The first-order valence-corrected chi connectivity index (χ1v) is 6.85. The Hall–Kier alpha value is -1.59. The zero-order valence-corrected chi connectivity index (χ0v) is 13.5. The van der Waals surface area contributed by atoms with Gasteiger partial charge in [-0.1, -0.05) is 0 Å². The van der Waals surface area contributed by atoms with Crippen LogP contribution in [0.1, 0.15) is 42.6 Å². The molecule has 0 fully saturated rings. The predicted molar refractivity (Wildman–Crippen MR) is 87.9 cm³/mol. The summed E-state index contributed by atoms with van der Waals surface area (Å²) in [6, 6.07) is 5.34. The molecule has 0 saturated heterocycles. The van der Waals surface area contributed by atoms with Crippen molar-refractivity contribution in [2.45, 2.75) is 39.7 Å². The van der Waals surface area contributed by atoms with Crippen LogP contribution in [-0.4, -0.2) is 24.4 Å². The Morgan fingerprint density at radius 2 is 1.95 bits per heavy atom. The second-order valence-electron chi connectivity index (χ2n) is 5.10. The Morgan fingerprint density at radius 1 is 1.29 bits per heavy atom. The Morgan fingerprint density at radius 3 is 2.48 bits per heavy atom. The van der Waals surface area contributed by atoms with Crippen molar-refractivity contribution >= 4 is 29.9 Å². The number of halogens is 1. The van der Waals surface area contributed by atoms with E-state index in [1.165, 1.54) is 0 Å². The molecule has 0 aliphatic heterocycles. The van der Waals surface area contributed by atoms with Crippen LogP contribution in [0.15, 0.2) is 18.2 Å². The van der Waals surface area contributed by atoms with E-state index in [2.05, 4.69) is 10.6 Å². The SMILES string of the molecule is Cc1cc(C(=O)NC(C)C)ccc1NC(=O)CCCN.Cl. The number of hydrogen-bond acceptors (Lipinski definition) is 3. The maximum atomic E-state index is 11.9. The molecule has 0 bridgehead atoms. The first-order valence-electron chi connectivity index (χ1n) is 6.85. The highest BCUT2D eigenvalue weighted by Gasteiger charge is 2.10. The fraction of sp³-hybridized carbons (Fsp3) is 0.467. The number of carbonyl (C=O) groups excluding carboxylic acids is 2. The molecular formula is C15H24ClN3O2. The minimum absolute atomic E-state index is 0. The Balaban J connectivity index is 0.00000400. The summed E-state index contributed by atoms with van der Waals surface area (Å²) in [6.07, 6.45) is 1.07. The van der Waals surface area contributed by atoms with Gasteiger partial charge in [0.2, 0.25) is 5.91 Å². The molecule has 118 valence electrons. The van der Waals surface area contributed by atoms with Crippen LogP contribution in [0.3, 0.4) is 0 Å². The third kappa shape index (κ3) is 6.60. The Labute approximate surface area is 132 Å². The minimum atomic E-state index is -0.107. The number of nitrogens with two attached hydrogens (primary N) is 1. The summed E-state index contributed by atoms with van der Waals surface area (Å²) in [4.78, 5) is 23.5. The van der Waals surface area contributed by atoms with Crippen molar-refractivity contribution in [3.05, 3.63) is 29.3 Å². The highest BCUT2D eigenvalue weighted by molar-refractivity contribution is 5.96. The van der Waals surface area contributed by atoms with Crippen LogP contribution in [0, 0.1) is 6.92 Å². The molecule has 0 aromatic heterocycles. The van der Waals surface area contributed by atoms with Crippen molar-refractivity contribution in [2.75, 3.05) is 11.9 Å². The fourth-order valence-corrected chi connectivity index (χ4v) is 1.77. The Bertz CT molecular complexity index is 490. The van der Waals surface area contributed by atoms with Gasteiger partial charge in [-0.3, -0.25) is 9.59 Å². The highest BCUT2D eigenvalue weighted by atomic mass is 35.5. The topological polar surface area (TPSA) is 84.2 Å². The van der Waals surface area contributed by atoms with E-state index in [1.54, 1.807) is 18.2 Å². The smallest absolute Gasteiger partial charge is 0.251 e. The number of benzene rings is 1. The fourth-order valence-electron chi connectivity index (χ4n) is 1.77. The predicted octanol–water partition coefficient (Wildman–Crippen LogP) is 2.23. The minimum Gasteiger partial charge on any atom is -0.350 e. The van der Waals surface area contributed by atoms with E-state index in [-0.39, 0.29) is 30.3 Å². The molecule has 0 saturated carbocycles. The zero-order valence-electron chi connectivity index (χ0n) is 12.7. The van der Waals surface area contributed by atoms with E-state index >= 15 is 0 Å². The molecular weight excluding hydrogens is 290 g/mol. The summed E-state index contributed by atoms with van der Waals surface area (Å²) in [5.74, 6) is -0.165. The van der Waals surface area contributed by atoms with Gasteiger partial charge in [0.15, 0.2) is 0 Å². The lowest BCUT2D eigenvalue weighted by molar-refractivity contribution is -0.116. The number of nitrogens with one attached hydrogen (secondary N) is 2. The van der Waals surface area contributed by atoms with Gasteiger partial charge < -0.3 is 16.4 Å². The molecule has 0 spiro atoms. The largest absolute Gasteiger partial charge is 0.350 e. The van der Waals surface area contributed by atoms with Crippen molar-refractivity contribution in [1.29, 1.82) is 0 Å². The molecule has 0 heterocycles. The average Bonchev–Trinajstić information content (AvgIpc) is 2.37. The molecule has 2 amide bonds. The monoisotopic (exact) mass is 313 g/mol. The number of anilines is 1. The average molecular weight is 314 g/mol. The molecule has 21 heavy (non-hydrogen) atoms. The van der Waals surface area contributed by atoms with Gasteiger partial charge in [0.05, 0.1) is 0 Å². The van der Waals surface area contributed by atoms with Gasteiger partial charge in [0, 0.05) is 23.7 Å². The van der Waals surface area contributed by atoms with Crippen LogP contribution >= 0.6 is 12.4 Å². The van der Waals surface area contributed by atoms with Crippen LogP contribution in [0.25, 0.3) is 0 Å². The standard InChI is InChI=1S/C15H23N3O2.ClH/c1-10(2)17-15(20)12-6-7-13(11(3)9-12)18-14(19)5-4-8-16;/h6-7,9-10H,4-5,8,16H2,1-3H3,(H,17,20)(H,18,19);1H. The van der Waals surface area contributed by atoms with E-state index in [1.807, 2.05) is 20.8 Å². The van der Waals surface area contributed by atoms with E-state index in [9.17, 15) is 9.59 Å². The van der Waals surface area contributed by atoms with E-state index in [4.69, 9.17) is 5.73 Å². The number of amides is 2. The summed E-state index contributed by atoms with van der Waals surface area (Å²) in [5.41, 5.74) is 7.56. The number of carbonyl (C=O) groups is 2. The lowest BCUT2D eigenvalue weighted by atomic mass is 10.1. The van der Waals surface area contributed by atoms with Gasteiger partial charge in [-0.25, -0.2) is 0 Å². The molecule has 0 aliphatic rings. The summed E-state index contributed by atoms with van der Waals surface area (Å²) < 4.78 is 0. The molecule has 6 heteroatoms. The maximum absolute atomic E-state index is 11.9. The number of hydrogen-bond donors (Lipinski definition) is 3. The lowest BCUT2D eigenvalue weighted by Crippen LogP contribution is -2.30. The van der Waals surface area contributed by atoms with Crippen molar-refractivity contribution < 1.29 is 9.59 Å². The van der Waals surface area contributed by atoms with Gasteiger partial charge in [-0.2, -0.15) is 0 Å². The molecule has 0 radical (unpaired) electrons. The normalized spacial score (nSPS) is 9.95. The van der Waals surface area contributed by atoms with Crippen LogP contribution in [0.5, 0.6) is 0 Å². The second kappa shape index (κ2) is 9.37. The summed E-state index contributed by atoms with van der Waals surface area (Å²) in [7, 11) is 0. The summed E-state index contributed by atoms with van der Waals surface area (Å²) in [5, 5.41) is 5.66. The molecule has 0 atom stereocenters. The van der Waals surface area contributed by atoms with Crippen LogP contribution in [0.2, 0.25) is 0 Å². The van der Waals surface area contributed by atoms with Crippen LogP contribution in [0.4, 0.5) is 5.69 Å². The van der Waals surface area contributed by atoms with Gasteiger partial charge in [0.25, 0.3) is 5.91 Å². The molecule has 1 aromatic rings. The molecule has 0 aliphatic carbocycles.